The minimum Gasteiger partial charge on any atom is -0.504 e. The van der Waals surface area contributed by atoms with E-state index in [4.69, 9.17) is 9.47 Å². The molecule has 8 rings (SSSR count). The molecule has 2 heterocycles. The van der Waals surface area contributed by atoms with Crippen LogP contribution in [0.4, 0.5) is 0 Å². The number of phenolic OH excluding ortho intramolecular Hbond substituents is 1. The fraction of sp³-hybridized carbons (Fsp3) is 0.800. The summed E-state index contributed by atoms with van der Waals surface area (Å²) in [6.45, 7) is 13.1. The van der Waals surface area contributed by atoms with Gasteiger partial charge in [-0.1, -0.05) is 33.8 Å². The van der Waals surface area contributed by atoms with E-state index >= 15 is 0 Å². The van der Waals surface area contributed by atoms with Crippen molar-refractivity contribution in [3.05, 3.63) is 23.3 Å². The monoisotopic (exact) mass is 481 g/mol. The second-order valence-electron chi connectivity index (χ2n) is 14.4. The Kier molecular flexibility index (Phi) is 4.18. The first-order valence-electron chi connectivity index (χ1n) is 13.9. The van der Waals surface area contributed by atoms with Crippen molar-refractivity contribution in [2.24, 2.45) is 22.2 Å². The number of phenols is 1. The molecule has 0 aromatic heterocycles. The summed E-state index contributed by atoms with van der Waals surface area (Å²) in [7, 11) is 1.83. The molecule has 5 heteroatoms. The molecule has 1 saturated heterocycles. The van der Waals surface area contributed by atoms with Gasteiger partial charge in [0.15, 0.2) is 11.5 Å². The summed E-state index contributed by atoms with van der Waals surface area (Å²) in [6.07, 6.45) is 7.50. The van der Waals surface area contributed by atoms with Crippen molar-refractivity contribution in [1.29, 1.82) is 0 Å². The molecule has 192 valence electrons. The first kappa shape index (κ1) is 22.9. The molecule has 0 amide bonds. The van der Waals surface area contributed by atoms with E-state index in [0.29, 0.717) is 11.8 Å². The second-order valence-corrected chi connectivity index (χ2v) is 14.4. The van der Waals surface area contributed by atoms with Gasteiger partial charge in [-0.25, -0.2) is 0 Å². The number of hydrogen-bond donors (Lipinski definition) is 2. The Balaban J connectivity index is 1.51. The zero-order valence-electron chi connectivity index (χ0n) is 22.4. The summed E-state index contributed by atoms with van der Waals surface area (Å²) in [5.41, 5.74) is 0.0427. The molecular formula is C30H43NO4. The van der Waals surface area contributed by atoms with E-state index in [1.54, 1.807) is 0 Å². The SMILES string of the molecule is COC12CC[C@@]3(C[C@]1(C)[C@](C)(O)C(C)(C)C)[C@H]1Cc4ccc(O)c5c4[C@@]3(CCN1CC1CC1)[C@H]2O5. The van der Waals surface area contributed by atoms with Gasteiger partial charge in [-0.3, -0.25) is 4.90 Å². The number of likely N-dealkylation sites (tertiary alicyclic amines) is 1. The third kappa shape index (κ3) is 2.26. The zero-order valence-corrected chi connectivity index (χ0v) is 22.4. The first-order valence-corrected chi connectivity index (χ1v) is 13.9. The number of nitrogens with zero attached hydrogens (tertiary/aromatic N) is 1. The summed E-state index contributed by atoms with van der Waals surface area (Å²) in [4.78, 5) is 2.82. The fourth-order valence-corrected chi connectivity index (χ4v) is 10.2. The van der Waals surface area contributed by atoms with Crippen LogP contribution in [-0.2, 0) is 16.6 Å². The molecule has 4 saturated carbocycles. The Morgan fingerprint density at radius 3 is 2.54 bits per heavy atom. The Bertz CT molecular complexity index is 1100. The number of rotatable bonds is 4. The van der Waals surface area contributed by atoms with Crippen LogP contribution < -0.4 is 4.74 Å². The lowest BCUT2D eigenvalue weighted by Gasteiger charge is -2.78. The Morgan fingerprint density at radius 1 is 1.14 bits per heavy atom. The van der Waals surface area contributed by atoms with Crippen molar-refractivity contribution in [1.82, 2.24) is 4.90 Å². The predicted molar refractivity (Wildman–Crippen MR) is 135 cm³/mol. The molecule has 5 nitrogen and oxygen atoms in total. The van der Waals surface area contributed by atoms with E-state index in [0.717, 1.165) is 44.6 Å². The van der Waals surface area contributed by atoms with Gasteiger partial charge in [-0.15, -0.1) is 0 Å². The number of ether oxygens (including phenoxy) is 2. The van der Waals surface area contributed by atoms with Crippen molar-refractivity contribution < 1.29 is 19.7 Å². The average Bonchev–Trinajstić information content (AvgIpc) is 3.53. The maximum atomic E-state index is 12.5. The Labute approximate surface area is 210 Å². The number of piperidine rings is 1. The Hall–Kier alpha value is -1.30. The van der Waals surface area contributed by atoms with Crippen LogP contribution in [0.3, 0.4) is 0 Å². The highest BCUT2D eigenvalue weighted by molar-refractivity contribution is 5.63. The highest BCUT2D eigenvalue weighted by Gasteiger charge is 2.85. The van der Waals surface area contributed by atoms with Gasteiger partial charge >= 0.3 is 0 Å². The molecule has 5 aliphatic carbocycles. The zero-order chi connectivity index (χ0) is 24.8. The van der Waals surface area contributed by atoms with Crippen molar-refractivity contribution in [3.8, 4) is 11.5 Å². The van der Waals surface area contributed by atoms with E-state index in [1.807, 2.05) is 20.1 Å². The lowest BCUT2D eigenvalue weighted by molar-refractivity contribution is -0.350. The van der Waals surface area contributed by atoms with Crippen LogP contribution in [0.25, 0.3) is 0 Å². The average molecular weight is 482 g/mol. The van der Waals surface area contributed by atoms with E-state index in [9.17, 15) is 10.2 Å². The van der Waals surface area contributed by atoms with Gasteiger partial charge in [-0.05, 0) is 81.4 Å². The molecule has 7 aliphatic rings. The van der Waals surface area contributed by atoms with Gasteiger partial charge in [0.05, 0.1) is 5.60 Å². The number of benzene rings is 1. The maximum absolute atomic E-state index is 12.5. The largest absolute Gasteiger partial charge is 0.504 e. The number of aliphatic hydroxyl groups is 1. The van der Waals surface area contributed by atoms with Crippen LogP contribution in [0.5, 0.6) is 11.5 Å². The van der Waals surface area contributed by atoms with Crippen LogP contribution in [-0.4, -0.2) is 58.7 Å². The van der Waals surface area contributed by atoms with Crippen molar-refractivity contribution in [3.63, 3.8) is 0 Å². The summed E-state index contributed by atoms with van der Waals surface area (Å²) >= 11 is 0. The molecule has 0 radical (unpaired) electrons. The van der Waals surface area contributed by atoms with E-state index in [-0.39, 0.29) is 28.1 Å². The van der Waals surface area contributed by atoms with E-state index in [2.05, 4.69) is 38.7 Å². The highest BCUT2D eigenvalue weighted by atomic mass is 16.6. The third-order valence-corrected chi connectivity index (χ3v) is 12.6. The molecule has 1 aromatic carbocycles. The van der Waals surface area contributed by atoms with Crippen molar-refractivity contribution in [2.45, 2.75) is 108 Å². The van der Waals surface area contributed by atoms with Gasteiger partial charge in [0.25, 0.3) is 0 Å². The lowest BCUT2D eigenvalue weighted by Crippen LogP contribution is -2.86. The maximum Gasteiger partial charge on any atom is 0.165 e. The van der Waals surface area contributed by atoms with Gasteiger partial charge < -0.3 is 19.7 Å². The summed E-state index contributed by atoms with van der Waals surface area (Å²) in [6, 6.07) is 4.44. The smallest absolute Gasteiger partial charge is 0.165 e. The minimum absolute atomic E-state index is 0.00111. The molecule has 5 fully saturated rings. The standard InChI is InChI=1S/C30H43NO4/c1-25(2,3)27(5,33)26(4)17-28-11-12-30(26,34-6)24-29(28)13-14-31(16-18-7-8-18)21(28)15-19-9-10-20(32)23(35-24)22(19)29/h9-10,18,21,24,32-33H,7-8,11-17H2,1-6H3/t21-,24-,26-,27-,28-,29+,30?/m1/s1. The van der Waals surface area contributed by atoms with Crippen LogP contribution in [0.1, 0.15) is 84.3 Å². The fourth-order valence-electron chi connectivity index (χ4n) is 10.2. The number of hydrogen-bond acceptors (Lipinski definition) is 5. The number of fused-ring (bicyclic) bond motifs is 2. The predicted octanol–water partition coefficient (Wildman–Crippen LogP) is 4.80. The van der Waals surface area contributed by atoms with Crippen molar-refractivity contribution >= 4 is 0 Å². The number of methoxy groups -OCH3 is 1. The van der Waals surface area contributed by atoms with Gasteiger partial charge in [0.2, 0.25) is 0 Å². The second kappa shape index (κ2) is 6.39. The van der Waals surface area contributed by atoms with Crippen LogP contribution in [0, 0.1) is 22.2 Å². The lowest BCUT2D eigenvalue weighted by atomic mass is 9.29. The molecule has 7 atom stereocenters. The minimum atomic E-state index is -0.971. The first-order chi connectivity index (χ1) is 16.4. The molecule has 1 aromatic rings. The molecule has 4 bridgehead atoms. The molecule has 2 spiro atoms. The quantitative estimate of drug-likeness (QED) is 0.647. The van der Waals surface area contributed by atoms with Gasteiger partial charge in [0, 0.05) is 41.5 Å². The van der Waals surface area contributed by atoms with Gasteiger partial charge in [0.1, 0.15) is 11.7 Å². The number of aromatic hydroxyl groups is 1. The highest BCUT2D eigenvalue weighted by Crippen LogP contribution is 2.80. The van der Waals surface area contributed by atoms with Crippen molar-refractivity contribution in [2.75, 3.05) is 20.2 Å². The van der Waals surface area contributed by atoms with Gasteiger partial charge in [-0.2, -0.15) is 0 Å². The summed E-state index contributed by atoms with van der Waals surface area (Å²) < 4.78 is 13.6. The van der Waals surface area contributed by atoms with Crippen LogP contribution in [0.15, 0.2) is 12.1 Å². The Morgan fingerprint density at radius 2 is 1.89 bits per heavy atom. The van der Waals surface area contributed by atoms with E-state index < -0.39 is 16.6 Å². The molecular weight excluding hydrogens is 438 g/mol. The molecule has 35 heavy (non-hydrogen) atoms. The normalized spacial score (nSPS) is 45.1. The van der Waals surface area contributed by atoms with Crippen LogP contribution >= 0.6 is 0 Å². The van der Waals surface area contributed by atoms with Crippen LogP contribution in [0.2, 0.25) is 0 Å². The molecule has 2 aliphatic heterocycles. The molecule has 2 N–H and O–H groups in total. The molecule has 1 unspecified atom stereocenters. The topological polar surface area (TPSA) is 62.2 Å². The summed E-state index contributed by atoms with van der Waals surface area (Å²) in [5.74, 6) is 1.81. The third-order valence-electron chi connectivity index (χ3n) is 12.6. The summed E-state index contributed by atoms with van der Waals surface area (Å²) in [5, 5.41) is 23.5. The van der Waals surface area contributed by atoms with E-state index in [1.165, 1.54) is 30.5 Å².